The van der Waals surface area contributed by atoms with Crippen LogP contribution in [0.4, 0.5) is 11.5 Å². The average Bonchev–Trinajstić information content (AvgIpc) is 2.87. The van der Waals surface area contributed by atoms with Crippen LogP contribution >= 0.6 is 0 Å². The van der Waals surface area contributed by atoms with Crippen LogP contribution in [0.5, 0.6) is 0 Å². The van der Waals surface area contributed by atoms with Crippen molar-refractivity contribution in [1.82, 2.24) is 9.97 Å². The van der Waals surface area contributed by atoms with E-state index in [1.807, 2.05) is 13.8 Å². The smallest absolute Gasteiger partial charge is 0.275 e. The summed E-state index contributed by atoms with van der Waals surface area (Å²) in [7, 11) is 0. The monoisotopic (exact) mass is 338 g/mol. The van der Waals surface area contributed by atoms with Gasteiger partial charge in [0.25, 0.3) is 5.91 Å². The Kier molecular flexibility index (Phi) is 5.31. The van der Waals surface area contributed by atoms with E-state index in [0.29, 0.717) is 5.69 Å². The van der Waals surface area contributed by atoms with Crippen molar-refractivity contribution in [2.75, 3.05) is 23.3 Å². The normalized spacial score (nSPS) is 14.9. The number of carbonyl (C=O) groups excluding carboxylic acids is 1. The van der Waals surface area contributed by atoms with Crippen LogP contribution < -0.4 is 10.2 Å². The molecule has 1 saturated heterocycles. The molecule has 25 heavy (non-hydrogen) atoms. The summed E-state index contributed by atoms with van der Waals surface area (Å²) in [6, 6.07) is 4.13. The number of aryl methyl sites for hydroxylation is 3. The van der Waals surface area contributed by atoms with Gasteiger partial charge < -0.3 is 10.2 Å². The highest BCUT2D eigenvalue weighted by atomic mass is 16.1. The topological polar surface area (TPSA) is 58.1 Å². The number of hydrogen-bond acceptors (Lipinski definition) is 4. The molecule has 0 unspecified atom stereocenters. The molecule has 5 nitrogen and oxygen atoms in total. The number of aromatic nitrogens is 2. The molecule has 132 valence electrons. The number of amides is 1. The molecule has 5 heteroatoms. The number of nitrogens with one attached hydrogen (secondary N) is 1. The summed E-state index contributed by atoms with van der Waals surface area (Å²) in [5.74, 6) is 0.645. The Balaban J connectivity index is 1.73. The Morgan fingerprint density at radius 2 is 1.60 bits per heavy atom. The van der Waals surface area contributed by atoms with E-state index >= 15 is 0 Å². The lowest BCUT2D eigenvalue weighted by Crippen LogP contribution is -2.25. The van der Waals surface area contributed by atoms with Gasteiger partial charge in [0.2, 0.25) is 0 Å². The zero-order chi connectivity index (χ0) is 17.8. The fraction of sp³-hybridized carbons (Fsp3) is 0.450. The van der Waals surface area contributed by atoms with Crippen molar-refractivity contribution in [3.8, 4) is 0 Å². The Bertz CT molecular complexity index is 724. The molecule has 1 amide bonds. The zero-order valence-corrected chi connectivity index (χ0v) is 15.3. The maximum absolute atomic E-state index is 12.5. The Hall–Kier alpha value is -2.43. The fourth-order valence-corrected chi connectivity index (χ4v) is 3.46. The molecule has 1 aromatic carbocycles. The van der Waals surface area contributed by atoms with Crippen molar-refractivity contribution < 1.29 is 4.79 Å². The quantitative estimate of drug-likeness (QED) is 0.918. The van der Waals surface area contributed by atoms with Crippen LogP contribution in [0.25, 0.3) is 0 Å². The Morgan fingerprint density at radius 3 is 2.16 bits per heavy atom. The summed E-state index contributed by atoms with van der Waals surface area (Å²) in [4.78, 5) is 23.6. The molecule has 1 aliphatic heterocycles. The first-order valence-corrected chi connectivity index (χ1v) is 9.01. The maximum Gasteiger partial charge on any atom is 0.275 e. The van der Waals surface area contributed by atoms with Crippen LogP contribution in [0.2, 0.25) is 0 Å². The zero-order valence-electron chi connectivity index (χ0n) is 15.3. The van der Waals surface area contributed by atoms with Gasteiger partial charge in [-0.15, -0.1) is 0 Å². The van der Waals surface area contributed by atoms with Gasteiger partial charge in [0, 0.05) is 18.8 Å². The maximum atomic E-state index is 12.5. The summed E-state index contributed by atoms with van der Waals surface area (Å²) in [5, 5.41) is 2.98. The molecule has 0 saturated carbocycles. The lowest BCUT2D eigenvalue weighted by Gasteiger charge is -2.20. The minimum absolute atomic E-state index is 0.218. The van der Waals surface area contributed by atoms with E-state index in [4.69, 9.17) is 0 Å². The average molecular weight is 338 g/mol. The summed E-state index contributed by atoms with van der Waals surface area (Å²) < 4.78 is 0. The van der Waals surface area contributed by atoms with Crippen molar-refractivity contribution in [2.45, 2.75) is 46.5 Å². The minimum Gasteiger partial charge on any atom is -0.355 e. The van der Waals surface area contributed by atoms with Crippen LogP contribution in [0.3, 0.4) is 0 Å². The highest BCUT2D eigenvalue weighted by Crippen LogP contribution is 2.22. The number of benzene rings is 1. The predicted molar refractivity (Wildman–Crippen MR) is 101 cm³/mol. The minimum atomic E-state index is -0.218. The number of anilines is 2. The van der Waals surface area contributed by atoms with E-state index < -0.39 is 0 Å². The van der Waals surface area contributed by atoms with E-state index in [-0.39, 0.29) is 5.91 Å². The lowest BCUT2D eigenvalue weighted by molar-refractivity contribution is 0.102. The highest BCUT2D eigenvalue weighted by Gasteiger charge is 2.15. The summed E-state index contributed by atoms with van der Waals surface area (Å²) in [6.07, 6.45) is 8.23. The second kappa shape index (κ2) is 7.64. The number of hydrogen-bond donors (Lipinski definition) is 1. The van der Waals surface area contributed by atoms with E-state index in [2.05, 4.69) is 39.2 Å². The molecule has 1 N–H and O–H groups in total. The van der Waals surface area contributed by atoms with Gasteiger partial charge in [-0.3, -0.25) is 4.79 Å². The van der Waals surface area contributed by atoms with Gasteiger partial charge in [0.05, 0.1) is 12.4 Å². The van der Waals surface area contributed by atoms with Crippen molar-refractivity contribution in [3.05, 3.63) is 46.9 Å². The summed E-state index contributed by atoms with van der Waals surface area (Å²) in [5.41, 5.74) is 4.50. The molecule has 2 heterocycles. The van der Waals surface area contributed by atoms with E-state index in [1.54, 1.807) is 12.4 Å². The first-order chi connectivity index (χ1) is 12.0. The molecule has 0 spiro atoms. The van der Waals surface area contributed by atoms with Crippen molar-refractivity contribution in [3.63, 3.8) is 0 Å². The molecular formula is C20H26N4O. The van der Waals surface area contributed by atoms with Crippen LogP contribution in [0, 0.1) is 20.8 Å². The predicted octanol–water partition coefficient (Wildman–Crippen LogP) is 4.03. The van der Waals surface area contributed by atoms with E-state index in [1.165, 1.54) is 31.2 Å². The summed E-state index contributed by atoms with van der Waals surface area (Å²) >= 11 is 0. The third kappa shape index (κ3) is 4.16. The van der Waals surface area contributed by atoms with Gasteiger partial charge in [-0.05, 0) is 44.7 Å². The lowest BCUT2D eigenvalue weighted by atomic mass is 10.1. The van der Waals surface area contributed by atoms with Crippen LogP contribution in [0.15, 0.2) is 24.5 Å². The second-order valence-electron chi connectivity index (χ2n) is 6.89. The van der Waals surface area contributed by atoms with Gasteiger partial charge in [0.1, 0.15) is 11.5 Å². The largest absolute Gasteiger partial charge is 0.355 e. The molecule has 0 atom stereocenters. The molecular weight excluding hydrogens is 312 g/mol. The molecule has 0 radical (unpaired) electrons. The van der Waals surface area contributed by atoms with Crippen LogP contribution in [-0.4, -0.2) is 29.0 Å². The van der Waals surface area contributed by atoms with Gasteiger partial charge in [-0.25, -0.2) is 9.97 Å². The number of carbonyl (C=O) groups is 1. The van der Waals surface area contributed by atoms with Crippen molar-refractivity contribution >= 4 is 17.4 Å². The van der Waals surface area contributed by atoms with Gasteiger partial charge >= 0.3 is 0 Å². The first kappa shape index (κ1) is 17.4. The molecule has 2 aromatic rings. The van der Waals surface area contributed by atoms with Gasteiger partial charge in [0.15, 0.2) is 0 Å². The molecule has 1 aliphatic rings. The molecule has 0 bridgehead atoms. The number of rotatable bonds is 3. The Morgan fingerprint density at radius 1 is 0.960 bits per heavy atom. The molecule has 0 aliphatic carbocycles. The van der Waals surface area contributed by atoms with Crippen LogP contribution in [-0.2, 0) is 0 Å². The third-order valence-electron chi connectivity index (χ3n) is 4.72. The van der Waals surface area contributed by atoms with E-state index in [9.17, 15) is 4.79 Å². The fourth-order valence-electron chi connectivity index (χ4n) is 3.46. The van der Waals surface area contributed by atoms with Crippen molar-refractivity contribution in [1.29, 1.82) is 0 Å². The van der Waals surface area contributed by atoms with Gasteiger partial charge in [-0.1, -0.05) is 30.5 Å². The van der Waals surface area contributed by atoms with Gasteiger partial charge in [-0.2, -0.15) is 0 Å². The summed E-state index contributed by atoms with van der Waals surface area (Å²) in [6.45, 7) is 8.09. The van der Waals surface area contributed by atoms with Crippen molar-refractivity contribution in [2.24, 2.45) is 0 Å². The van der Waals surface area contributed by atoms with Crippen LogP contribution in [0.1, 0.15) is 52.9 Å². The first-order valence-electron chi connectivity index (χ1n) is 9.01. The highest BCUT2D eigenvalue weighted by molar-refractivity contribution is 6.03. The second-order valence-corrected chi connectivity index (χ2v) is 6.89. The third-order valence-corrected chi connectivity index (χ3v) is 4.72. The number of nitrogens with zero attached hydrogens (tertiary/aromatic N) is 3. The molecule has 3 rings (SSSR count). The molecule has 1 fully saturated rings. The Labute approximate surface area is 149 Å². The van der Waals surface area contributed by atoms with E-state index in [0.717, 1.165) is 35.7 Å². The SMILES string of the molecule is Cc1cc(C)c(NC(=O)c2cnc(N3CCCCCC3)cn2)c(C)c1. The standard InChI is InChI=1S/C20H26N4O/c1-14-10-15(2)19(16(3)11-14)23-20(25)17-12-22-18(13-21-17)24-8-6-4-5-7-9-24/h10-13H,4-9H2,1-3H3,(H,23,25). The molecule has 1 aromatic heterocycles.